The van der Waals surface area contributed by atoms with Crippen molar-refractivity contribution in [2.45, 2.75) is 51.4 Å². The van der Waals surface area contributed by atoms with E-state index in [1.807, 2.05) is 0 Å². The van der Waals surface area contributed by atoms with Crippen molar-refractivity contribution >= 4 is 8.69 Å². The fourth-order valence-electron chi connectivity index (χ4n) is 1.36. The Labute approximate surface area is 113 Å². The van der Waals surface area contributed by atoms with Crippen LogP contribution in [0.15, 0.2) is 12.2 Å². The van der Waals surface area contributed by atoms with Gasteiger partial charge in [-0.3, -0.25) is 12.2 Å². The third-order valence-corrected chi connectivity index (χ3v) is 2.13. The van der Waals surface area contributed by atoms with Gasteiger partial charge in [-0.2, -0.15) is 12.8 Å². The molecule has 86 valence electrons. The molecule has 2 aliphatic rings. The maximum atomic E-state index is 8.46. The summed E-state index contributed by atoms with van der Waals surface area (Å²) in [6.45, 7) is 0. The van der Waals surface area contributed by atoms with E-state index >= 15 is 0 Å². The summed E-state index contributed by atoms with van der Waals surface area (Å²) in [6, 6.07) is 0. The summed E-state index contributed by atoms with van der Waals surface area (Å²) >= 11 is 0. The van der Waals surface area contributed by atoms with E-state index in [9.17, 15) is 0 Å². The minimum absolute atomic E-state index is 0. The van der Waals surface area contributed by atoms with Gasteiger partial charge < -0.3 is 17.0 Å². The summed E-state index contributed by atoms with van der Waals surface area (Å²) in [5, 5.41) is 0. The summed E-state index contributed by atoms with van der Waals surface area (Å²) < 4.78 is 8.46. The molecule has 0 unspecified atom stereocenters. The Kier molecular flexibility index (Phi) is 20.3. The Morgan fingerprint density at radius 2 is 1.31 bits per heavy atom. The largest absolute Gasteiger partial charge is 2.00 e. The van der Waals surface area contributed by atoms with Crippen LogP contribution in [0.1, 0.15) is 51.4 Å². The number of rotatable bonds is 0. The van der Waals surface area contributed by atoms with Gasteiger partial charge in [0.25, 0.3) is 0 Å². The van der Waals surface area contributed by atoms with Crippen LogP contribution in [0, 0.1) is 12.2 Å². The Bertz CT molecular complexity index is 159. The van der Waals surface area contributed by atoms with Gasteiger partial charge in [0.15, 0.2) is 0 Å². The van der Waals surface area contributed by atoms with Gasteiger partial charge in [-0.25, -0.2) is 4.57 Å². The first-order valence-corrected chi connectivity index (χ1v) is 6.25. The molecule has 4 heteroatoms. The molecule has 2 aliphatic carbocycles. The zero-order valence-electron chi connectivity index (χ0n) is 9.82. The van der Waals surface area contributed by atoms with Gasteiger partial charge in [-0.15, -0.1) is 0 Å². The molecule has 0 saturated heterocycles. The molecule has 0 aliphatic heterocycles. The van der Waals surface area contributed by atoms with Crippen molar-refractivity contribution in [3.05, 3.63) is 24.3 Å². The smallest absolute Gasteiger partial charge is 0.501 e. The number of hydrogen-bond acceptors (Lipinski definition) is 1. The second-order valence-corrected chi connectivity index (χ2v) is 3.55. The second-order valence-electron chi connectivity index (χ2n) is 3.39. The Morgan fingerprint density at radius 1 is 0.938 bits per heavy atom. The summed E-state index contributed by atoms with van der Waals surface area (Å²) in [5.74, 6) is 0. The van der Waals surface area contributed by atoms with Gasteiger partial charge in [0, 0.05) is 0 Å². The summed E-state index contributed by atoms with van der Waals surface area (Å²) in [4.78, 5) is 6.99. The van der Waals surface area contributed by atoms with Crippen LogP contribution in [0.25, 0.3) is 0 Å². The average Bonchev–Trinajstić information content (AvgIpc) is 2.35. The number of hydrogen-bond donors (Lipinski definition) is 1. The third-order valence-electron chi connectivity index (χ3n) is 2.13. The molecule has 0 spiro atoms. The molecule has 0 aromatic rings. The molecule has 0 saturated carbocycles. The van der Waals surface area contributed by atoms with Crippen LogP contribution in [0.5, 0.6) is 0 Å². The monoisotopic (exact) mass is 290 g/mol. The van der Waals surface area contributed by atoms with Crippen LogP contribution in [-0.2, 0) is 24.0 Å². The van der Waals surface area contributed by atoms with Gasteiger partial charge in [0.2, 0.25) is 0 Å². The zero-order chi connectivity index (χ0) is 11.2. The van der Waals surface area contributed by atoms with Gasteiger partial charge in [0.05, 0.1) is 0 Å². The topological polar surface area (TPSA) is 37.3 Å². The van der Waals surface area contributed by atoms with Crippen LogP contribution in [0.2, 0.25) is 0 Å². The molecule has 0 bridgehead atoms. The minimum Gasteiger partial charge on any atom is -0.501 e. The van der Waals surface area contributed by atoms with Crippen molar-refractivity contribution in [3.63, 3.8) is 0 Å². The van der Waals surface area contributed by atoms with E-state index in [1.165, 1.54) is 51.4 Å². The van der Waals surface area contributed by atoms with Gasteiger partial charge >= 0.3 is 28.2 Å². The second kappa shape index (κ2) is 17.6. The van der Waals surface area contributed by atoms with Gasteiger partial charge in [-0.1, -0.05) is 38.5 Å². The third kappa shape index (κ3) is 16.6. The quantitative estimate of drug-likeness (QED) is 0.416. The molecule has 2 nitrogen and oxygen atoms in total. The molecule has 0 aromatic carbocycles. The van der Waals surface area contributed by atoms with E-state index in [1.54, 1.807) is 0 Å². The van der Waals surface area contributed by atoms with Crippen molar-refractivity contribution in [2.24, 2.45) is 0 Å². The van der Waals surface area contributed by atoms with E-state index in [-0.39, 0.29) is 19.5 Å². The molecule has 0 fully saturated rings. The van der Waals surface area contributed by atoms with Crippen molar-refractivity contribution in [1.82, 2.24) is 0 Å². The van der Waals surface area contributed by atoms with Crippen LogP contribution in [-0.4, -0.2) is 4.89 Å². The maximum Gasteiger partial charge on any atom is 2.00 e. The van der Waals surface area contributed by atoms with Crippen LogP contribution in [0.4, 0.5) is 0 Å². The Morgan fingerprint density at radius 3 is 1.38 bits per heavy atom. The zero-order valence-corrected chi connectivity index (χ0v) is 13.7. The summed E-state index contributed by atoms with van der Waals surface area (Å²) in [6.07, 6.45) is 21.0. The minimum atomic E-state index is -0.833. The fraction of sp³-hybridized carbons (Fsp3) is 0.667. The predicted molar refractivity (Wildman–Crippen MR) is 62.4 cm³/mol. The maximum absolute atomic E-state index is 8.46. The molecular weight excluding hydrogens is 272 g/mol. The fourth-order valence-corrected chi connectivity index (χ4v) is 1.36. The van der Waals surface area contributed by atoms with Crippen LogP contribution < -0.4 is 0 Å². The summed E-state index contributed by atoms with van der Waals surface area (Å²) in [5.41, 5.74) is 0. The summed E-state index contributed by atoms with van der Waals surface area (Å²) in [7, 11) is -0.833. The van der Waals surface area contributed by atoms with Crippen molar-refractivity contribution in [2.75, 3.05) is 0 Å². The van der Waals surface area contributed by atoms with Crippen LogP contribution >= 0.6 is 8.69 Å². The SMILES string of the molecule is O=PO.[C-]1=CCCCC1.[C-]1=CCCCC1.[Zn+2]. The standard InChI is InChI=1S/2C6H9.HO2P.Zn/c2*1-2-4-6-5-3-1;1-3-2;/h2*1H,2,4-6H2;(H,1,2);/q2*-1;;+2. The molecule has 16 heavy (non-hydrogen) atoms. The van der Waals surface area contributed by atoms with E-state index in [0.29, 0.717) is 0 Å². The van der Waals surface area contributed by atoms with Gasteiger partial charge in [-0.05, 0) is 0 Å². The molecule has 1 N–H and O–H groups in total. The first kappa shape index (κ1) is 18.5. The van der Waals surface area contributed by atoms with Crippen molar-refractivity contribution < 1.29 is 28.9 Å². The normalized spacial score (nSPS) is 17.3. The average molecular weight is 292 g/mol. The van der Waals surface area contributed by atoms with Gasteiger partial charge in [0.1, 0.15) is 0 Å². The first-order chi connectivity index (χ1) is 7.41. The molecule has 0 radical (unpaired) electrons. The van der Waals surface area contributed by atoms with E-state index in [2.05, 4.69) is 24.3 Å². The molecule has 0 amide bonds. The van der Waals surface area contributed by atoms with Crippen molar-refractivity contribution in [3.8, 4) is 0 Å². The van der Waals surface area contributed by atoms with Crippen molar-refractivity contribution in [1.29, 1.82) is 0 Å². The Hall–Kier alpha value is 0.163. The molecule has 0 heterocycles. The van der Waals surface area contributed by atoms with E-state index < -0.39 is 8.69 Å². The molecule has 0 aromatic heterocycles. The predicted octanol–water partition coefficient (Wildman–Crippen LogP) is 4.02. The molecule has 2 rings (SSSR count). The van der Waals surface area contributed by atoms with E-state index in [0.717, 1.165) is 0 Å². The van der Waals surface area contributed by atoms with E-state index in [4.69, 9.17) is 9.46 Å². The molecular formula is C12H19O2PZn. The Balaban J connectivity index is 0. The molecule has 0 atom stereocenters. The van der Waals surface area contributed by atoms with Crippen LogP contribution in [0.3, 0.4) is 0 Å². The number of allylic oxidation sites excluding steroid dienone is 4. The first-order valence-electron chi connectivity index (χ1n) is 5.48.